The standard InChI is InChI=1S/3C18H34O2.Fe/c3*1-2-3-4-5-6-7-8-9-10-11-12-13-14-15-16-17-18(19)20;/h3*9-10H,2-8,11-17H2,1H3,(H,19,20);/q;;;+2/p-3/b3*10-9-;. The van der Waals surface area contributed by atoms with E-state index in [-0.39, 0.29) is 36.3 Å². The van der Waals surface area contributed by atoms with Gasteiger partial charge < -0.3 is 29.7 Å². The predicted molar refractivity (Wildman–Crippen MR) is 253 cm³/mol. The average Bonchev–Trinajstić information content (AvgIpc) is 3.22. The molecule has 0 amide bonds. The van der Waals surface area contributed by atoms with Crippen LogP contribution in [0.2, 0.25) is 0 Å². The van der Waals surface area contributed by atoms with Gasteiger partial charge in [-0.3, -0.25) is 0 Å². The largest absolute Gasteiger partial charge is 2.00 e. The summed E-state index contributed by atoms with van der Waals surface area (Å²) in [7, 11) is 0. The summed E-state index contributed by atoms with van der Waals surface area (Å²) < 4.78 is 0. The zero-order chi connectivity index (χ0) is 44.7. The zero-order valence-electron chi connectivity index (χ0n) is 40.5. The van der Waals surface area contributed by atoms with Gasteiger partial charge in [0.2, 0.25) is 0 Å². The van der Waals surface area contributed by atoms with E-state index in [2.05, 4.69) is 57.2 Å². The Balaban J connectivity index is -0.000000396. The Kier molecular flexibility index (Phi) is 67.3. The number of aliphatic carboxylic acids is 3. The minimum Gasteiger partial charge on any atom is -0.550 e. The molecule has 0 saturated heterocycles. The number of carbonyl (C=O) groups is 3. The van der Waals surface area contributed by atoms with Gasteiger partial charge in [-0.05, 0) is 116 Å². The molecule has 0 saturated carbocycles. The van der Waals surface area contributed by atoms with E-state index in [1.807, 2.05) is 0 Å². The Morgan fingerprint density at radius 1 is 0.262 bits per heavy atom. The molecule has 0 spiro atoms. The van der Waals surface area contributed by atoms with Crippen LogP contribution in [0.15, 0.2) is 36.5 Å². The maximum atomic E-state index is 10.2. The van der Waals surface area contributed by atoms with Gasteiger partial charge in [-0.1, -0.05) is 211 Å². The average molecular weight is 900 g/mol. The molecular formula is C54H99FeO6-. The molecule has 7 heteroatoms. The smallest absolute Gasteiger partial charge is 0.550 e. The van der Waals surface area contributed by atoms with Gasteiger partial charge in [-0.25, -0.2) is 0 Å². The first-order chi connectivity index (χ1) is 29.3. The molecule has 0 aliphatic heterocycles. The van der Waals surface area contributed by atoms with E-state index in [4.69, 9.17) is 0 Å². The molecule has 0 aliphatic carbocycles. The third kappa shape index (κ3) is 75.9. The summed E-state index contributed by atoms with van der Waals surface area (Å²) in [5.41, 5.74) is 0. The van der Waals surface area contributed by atoms with Crippen molar-refractivity contribution in [2.24, 2.45) is 0 Å². The maximum absolute atomic E-state index is 10.2. The second kappa shape index (κ2) is 62.4. The maximum Gasteiger partial charge on any atom is 2.00 e. The van der Waals surface area contributed by atoms with Gasteiger partial charge in [-0.2, -0.15) is 0 Å². The molecule has 0 fully saturated rings. The quantitative estimate of drug-likeness (QED) is 0.0341. The van der Waals surface area contributed by atoms with Crippen molar-refractivity contribution in [3.8, 4) is 0 Å². The predicted octanol–water partition coefficient (Wildman–Crippen LogP) is 14.3. The van der Waals surface area contributed by atoms with Crippen LogP contribution in [0, 0.1) is 0 Å². The fourth-order valence-corrected chi connectivity index (χ4v) is 7.02. The Bertz CT molecular complexity index is 827. The number of allylic oxidation sites excluding steroid dienone is 6. The van der Waals surface area contributed by atoms with Crippen molar-refractivity contribution in [3.63, 3.8) is 0 Å². The number of hydrogen-bond acceptors (Lipinski definition) is 6. The monoisotopic (exact) mass is 900 g/mol. The topological polar surface area (TPSA) is 120 Å². The Labute approximate surface area is 389 Å². The fourth-order valence-electron chi connectivity index (χ4n) is 7.02. The Morgan fingerprint density at radius 3 is 0.574 bits per heavy atom. The van der Waals surface area contributed by atoms with Crippen LogP contribution in [0.25, 0.3) is 0 Å². The molecule has 0 aromatic heterocycles. The van der Waals surface area contributed by atoms with Crippen molar-refractivity contribution in [1.29, 1.82) is 0 Å². The summed E-state index contributed by atoms with van der Waals surface area (Å²) in [5.74, 6) is -2.74. The molecule has 0 bridgehead atoms. The molecule has 61 heavy (non-hydrogen) atoms. The number of carboxylic acid groups (broad SMARTS) is 3. The second-order valence-electron chi connectivity index (χ2n) is 17.1. The van der Waals surface area contributed by atoms with Crippen molar-refractivity contribution < 1.29 is 46.8 Å². The number of carboxylic acids is 3. The Morgan fingerprint density at radius 2 is 0.410 bits per heavy atom. The van der Waals surface area contributed by atoms with Gasteiger partial charge in [0, 0.05) is 17.9 Å². The van der Waals surface area contributed by atoms with E-state index in [1.54, 1.807) is 0 Å². The van der Waals surface area contributed by atoms with Crippen molar-refractivity contribution >= 4 is 17.9 Å². The van der Waals surface area contributed by atoms with Crippen LogP contribution < -0.4 is 15.3 Å². The molecule has 0 atom stereocenters. The van der Waals surface area contributed by atoms with Crippen LogP contribution in [-0.4, -0.2) is 17.9 Å². The first-order valence-electron chi connectivity index (χ1n) is 25.9. The molecule has 0 rings (SSSR count). The molecule has 360 valence electrons. The normalized spacial score (nSPS) is 11.1. The van der Waals surface area contributed by atoms with Crippen LogP contribution in [0.4, 0.5) is 0 Å². The number of unbranched alkanes of at least 4 members (excludes halogenated alkanes) is 33. The summed E-state index contributed by atoms with van der Waals surface area (Å²) in [5, 5.41) is 30.6. The first kappa shape index (κ1) is 65.8. The van der Waals surface area contributed by atoms with E-state index in [0.717, 1.165) is 57.8 Å². The molecule has 0 aromatic rings. The van der Waals surface area contributed by atoms with E-state index < -0.39 is 17.9 Å². The summed E-state index contributed by atoms with van der Waals surface area (Å²) in [6.45, 7) is 6.77. The SMILES string of the molecule is CCCCCCCC/C=C\CCCCCCCC(=O)[O-].CCCCCCCC/C=C\CCCCCCCC(=O)[O-].CCCCCCCC/C=C\CCCCCCCC(=O)[O-].[Fe+2]. The third-order valence-corrected chi connectivity index (χ3v) is 10.9. The molecule has 0 aliphatic rings. The van der Waals surface area contributed by atoms with Gasteiger partial charge >= 0.3 is 17.1 Å². The molecule has 0 radical (unpaired) electrons. The van der Waals surface area contributed by atoms with Gasteiger partial charge in [0.25, 0.3) is 0 Å². The summed E-state index contributed by atoms with van der Waals surface area (Å²) >= 11 is 0. The van der Waals surface area contributed by atoms with Crippen molar-refractivity contribution in [1.82, 2.24) is 0 Å². The second-order valence-corrected chi connectivity index (χ2v) is 17.1. The van der Waals surface area contributed by atoms with Gasteiger partial charge in [0.15, 0.2) is 0 Å². The molecule has 0 heterocycles. The van der Waals surface area contributed by atoms with Crippen molar-refractivity contribution in [3.05, 3.63) is 36.5 Å². The number of rotatable bonds is 45. The van der Waals surface area contributed by atoms with Gasteiger partial charge in [0.1, 0.15) is 0 Å². The fraction of sp³-hybridized carbons (Fsp3) is 0.833. The van der Waals surface area contributed by atoms with Gasteiger partial charge in [0.05, 0.1) is 0 Å². The van der Waals surface area contributed by atoms with Crippen LogP contribution in [-0.2, 0) is 31.5 Å². The molecule has 0 N–H and O–H groups in total. The summed E-state index contributed by atoms with van der Waals surface area (Å²) in [4.78, 5) is 30.6. The van der Waals surface area contributed by atoms with E-state index in [1.165, 1.54) is 193 Å². The molecule has 6 nitrogen and oxygen atoms in total. The van der Waals surface area contributed by atoms with Crippen molar-refractivity contribution in [2.45, 2.75) is 290 Å². The summed E-state index contributed by atoms with van der Waals surface area (Å²) in [6.07, 6.45) is 62.7. The minimum atomic E-state index is -0.914. The van der Waals surface area contributed by atoms with E-state index in [9.17, 15) is 29.7 Å². The first-order valence-corrected chi connectivity index (χ1v) is 25.9. The van der Waals surface area contributed by atoms with E-state index >= 15 is 0 Å². The number of carbonyl (C=O) groups excluding carboxylic acids is 3. The van der Waals surface area contributed by atoms with Crippen LogP contribution in [0.5, 0.6) is 0 Å². The van der Waals surface area contributed by atoms with Crippen LogP contribution in [0.1, 0.15) is 290 Å². The third-order valence-electron chi connectivity index (χ3n) is 10.9. The molecular weight excluding hydrogens is 800 g/mol. The number of hydrogen-bond donors (Lipinski definition) is 0. The van der Waals surface area contributed by atoms with Crippen molar-refractivity contribution in [2.75, 3.05) is 0 Å². The Hall–Kier alpha value is -1.85. The minimum absolute atomic E-state index is 0. The van der Waals surface area contributed by atoms with E-state index in [0.29, 0.717) is 0 Å². The zero-order valence-corrected chi connectivity index (χ0v) is 41.6. The van der Waals surface area contributed by atoms with Crippen LogP contribution in [0.3, 0.4) is 0 Å². The van der Waals surface area contributed by atoms with Gasteiger partial charge in [-0.15, -0.1) is 0 Å². The van der Waals surface area contributed by atoms with Crippen LogP contribution >= 0.6 is 0 Å². The summed E-state index contributed by atoms with van der Waals surface area (Å²) in [6, 6.07) is 0. The molecule has 0 unspecified atom stereocenters. The molecule has 0 aromatic carbocycles.